The van der Waals surface area contributed by atoms with Crippen LogP contribution in [0.15, 0.2) is 53.1 Å². The van der Waals surface area contributed by atoms with Crippen LogP contribution in [0.25, 0.3) is 0 Å². The molecule has 0 bridgehead atoms. The van der Waals surface area contributed by atoms with Crippen LogP contribution in [-0.2, 0) is 6.42 Å². The molecule has 0 saturated carbocycles. The Morgan fingerprint density at radius 3 is 2.77 bits per heavy atom. The van der Waals surface area contributed by atoms with Gasteiger partial charge in [0.15, 0.2) is 10.9 Å². The second-order valence-corrected chi connectivity index (χ2v) is 5.77. The number of anilines is 1. The van der Waals surface area contributed by atoms with E-state index in [0.717, 1.165) is 17.1 Å². The molecule has 2 heterocycles. The Morgan fingerprint density at radius 2 is 2.04 bits per heavy atom. The molecular weight excluding hydrogens is 356 g/mol. The van der Waals surface area contributed by atoms with Gasteiger partial charge in [-0.1, -0.05) is 11.6 Å². The Labute approximate surface area is 155 Å². The summed E-state index contributed by atoms with van der Waals surface area (Å²) in [6.45, 7) is 0. The molecule has 1 aromatic carbocycles. The first-order chi connectivity index (χ1) is 12.6. The average molecular weight is 373 g/mol. The summed E-state index contributed by atoms with van der Waals surface area (Å²) in [5, 5.41) is 2.89. The molecular formula is C19H17ClN2O4. The number of methoxy groups -OCH3 is 2. The van der Waals surface area contributed by atoms with Gasteiger partial charge in [-0.15, -0.1) is 0 Å². The number of nitrogens with one attached hydrogen (secondary N) is 1. The molecule has 134 valence electrons. The number of benzene rings is 1. The van der Waals surface area contributed by atoms with E-state index in [-0.39, 0.29) is 10.9 Å². The number of rotatable bonds is 6. The summed E-state index contributed by atoms with van der Waals surface area (Å²) in [6.07, 6.45) is 2.01. The first-order valence-corrected chi connectivity index (χ1v) is 8.20. The van der Waals surface area contributed by atoms with E-state index < -0.39 is 5.91 Å². The Bertz CT molecular complexity index is 923. The fourth-order valence-electron chi connectivity index (χ4n) is 2.47. The Morgan fingerprint density at radius 1 is 1.19 bits per heavy atom. The highest BCUT2D eigenvalue weighted by atomic mass is 35.5. The van der Waals surface area contributed by atoms with E-state index in [1.807, 2.05) is 18.2 Å². The fraction of sp³-hybridized carbons (Fsp3) is 0.158. The SMILES string of the molecule is COc1ccc(OC)c(Cc2ccc(C(=O)Nc3cccnc3Cl)o2)c1. The summed E-state index contributed by atoms with van der Waals surface area (Å²) in [4.78, 5) is 16.2. The first kappa shape index (κ1) is 17.8. The molecule has 0 aliphatic heterocycles. The number of hydrogen-bond donors (Lipinski definition) is 1. The van der Waals surface area contributed by atoms with E-state index in [9.17, 15) is 4.79 Å². The third-order valence-electron chi connectivity index (χ3n) is 3.74. The average Bonchev–Trinajstić information content (AvgIpc) is 3.12. The van der Waals surface area contributed by atoms with Crippen LogP contribution in [0, 0.1) is 0 Å². The quantitative estimate of drug-likeness (QED) is 0.657. The second kappa shape index (κ2) is 7.93. The zero-order valence-electron chi connectivity index (χ0n) is 14.3. The summed E-state index contributed by atoms with van der Waals surface area (Å²) in [7, 11) is 3.20. The molecule has 1 N–H and O–H groups in total. The molecule has 6 nitrogen and oxygen atoms in total. The maximum absolute atomic E-state index is 12.3. The zero-order chi connectivity index (χ0) is 18.5. The molecule has 7 heteroatoms. The number of nitrogens with zero attached hydrogens (tertiary/aromatic N) is 1. The normalized spacial score (nSPS) is 10.4. The van der Waals surface area contributed by atoms with Gasteiger partial charge in [-0.05, 0) is 42.5 Å². The van der Waals surface area contributed by atoms with Gasteiger partial charge in [0.25, 0.3) is 5.91 Å². The topological polar surface area (TPSA) is 73.6 Å². The summed E-state index contributed by atoms with van der Waals surface area (Å²) in [5.74, 6) is 1.84. The van der Waals surface area contributed by atoms with Crippen molar-refractivity contribution in [3.8, 4) is 11.5 Å². The molecule has 3 rings (SSSR count). The maximum atomic E-state index is 12.3. The van der Waals surface area contributed by atoms with Crippen molar-refractivity contribution in [1.29, 1.82) is 0 Å². The lowest BCUT2D eigenvalue weighted by Crippen LogP contribution is -2.11. The van der Waals surface area contributed by atoms with Crippen LogP contribution in [0.1, 0.15) is 21.9 Å². The van der Waals surface area contributed by atoms with E-state index >= 15 is 0 Å². The van der Waals surface area contributed by atoms with Crippen molar-refractivity contribution in [3.63, 3.8) is 0 Å². The van der Waals surface area contributed by atoms with Crippen LogP contribution < -0.4 is 14.8 Å². The van der Waals surface area contributed by atoms with Crippen molar-refractivity contribution in [2.45, 2.75) is 6.42 Å². The largest absolute Gasteiger partial charge is 0.497 e. The highest BCUT2D eigenvalue weighted by molar-refractivity contribution is 6.32. The molecule has 0 unspecified atom stereocenters. The minimum Gasteiger partial charge on any atom is -0.497 e. The monoisotopic (exact) mass is 372 g/mol. The first-order valence-electron chi connectivity index (χ1n) is 7.82. The van der Waals surface area contributed by atoms with Gasteiger partial charge in [0.1, 0.15) is 17.3 Å². The number of pyridine rings is 1. The third-order valence-corrected chi connectivity index (χ3v) is 4.05. The number of amides is 1. The van der Waals surface area contributed by atoms with Gasteiger partial charge in [-0.3, -0.25) is 4.79 Å². The van der Waals surface area contributed by atoms with E-state index in [2.05, 4.69) is 10.3 Å². The van der Waals surface area contributed by atoms with E-state index in [1.54, 1.807) is 44.7 Å². The number of carbonyl (C=O) groups is 1. The van der Waals surface area contributed by atoms with Crippen molar-refractivity contribution >= 4 is 23.2 Å². The number of halogens is 1. The zero-order valence-corrected chi connectivity index (χ0v) is 15.0. The Balaban J connectivity index is 1.76. The summed E-state index contributed by atoms with van der Waals surface area (Å²) >= 11 is 5.95. The predicted octanol–water partition coefficient (Wildman–Crippen LogP) is 4.19. The van der Waals surface area contributed by atoms with Crippen LogP contribution in [0.5, 0.6) is 11.5 Å². The number of carbonyl (C=O) groups excluding carboxylic acids is 1. The lowest BCUT2D eigenvalue weighted by Gasteiger charge is -2.09. The van der Waals surface area contributed by atoms with Crippen LogP contribution in [0.3, 0.4) is 0 Å². The third kappa shape index (κ3) is 3.97. The van der Waals surface area contributed by atoms with Crippen molar-refractivity contribution in [2.75, 3.05) is 19.5 Å². The minimum atomic E-state index is -0.399. The van der Waals surface area contributed by atoms with E-state index in [4.69, 9.17) is 25.5 Å². The van der Waals surface area contributed by atoms with Gasteiger partial charge < -0.3 is 19.2 Å². The van der Waals surface area contributed by atoms with Gasteiger partial charge in [-0.25, -0.2) is 4.98 Å². The molecule has 0 radical (unpaired) electrons. The fourth-order valence-corrected chi connectivity index (χ4v) is 2.63. The van der Waals surface area contributed by atoms with Gasteiger partial charge >= 0.3 is 0 Å². The second-order valence-electron chi connectivity index (χ2n) is 5.42. The smallest absolute Gasteiger partial charge is 0.291 e. The number of ether oxygens (including phenoxy) is 2. The van der Waals surface area contributed by atoms with Crippen LogP contribution in [0.2, 0.25) is 5.15 Å². The van der Waals surface area contributed by atoms with Crippen molar-refractivity contribution in [3.05, 3.63) is 70.9 Å². The van der Waals surface area contributed by atoms with Crippen molar-refractivity contribution in [2.24, 2.45) is 0 Å². The van der Waals surface area contributed by atoms with Crippen molar-refractivity contribution in [1.82, 2.24) is 4.98 Å². The molecule has 0 aliphatic rings. The molecule has 0 aliphatic carbocycles. The van der Waals surface area contributed by atoms with Crippen LogP contribution in [-0.4, -0.2) is 25.1 Å². The van der Waals surface area contributed by atoms with Gasteiger partial charge in [0.05, 0.1) is 19.9 Å². The van der Waals surface area contributed by atoms with E-state index in [0.29, 0.717) is 17.9 Å². The molecule has 26 heavy (non-hydrogen) atoms. The summed E-state index contributed by atoms with van der Waals surface area (Å²) in [5.41, 5.74) is 1.31. The van der Waals surface area contributed by atoms with E-state index in [1.165, 1.54) is 0 Å². The Kier molecular flexibility index (Phi) is 5.43. The predicted molar refractivity (Wildman–Crippen MR) is 98.3 cm³/mol. The molecule has 2 aromatic heterocycles. The number of furan rings is 1. The lowest BCUT2D eigenvalue weighted by molar-refractivity contribution is 0.0995. The molecule has 0 saturated heterocycles. The van der Waals surface area contributed by atoms with Gasteiger partial charge in [0, 0.05) is 18.2 Å². The molecule has 3 aromatic rings. The van der Waals surface area contributed by atoms with Crippen LogP contribution >= 0.6 is 11.6 Å². The van der Waals surface area contributed by atoms with Crippen LogP contribution in [0.4, 0.5) is 5.69 Å². The van der Waals surface area contributed by atoms with Gasteiger partial charge in [-0.2, -0.15) is 0 Å². The standard InChI is InChI=1S/C19H17ClN2O4/c1-24-13-5-7-16(25-2)12(10-13)11-14-6-8-17(26-14)19(23)22-15-4-3-9-21-18(15)20/h3-10H,11H2,1-2H3,(H,22,23). The molecule has 0 fully saturated rings. The lowest BCUT2D eigenvalue weighted by atomic mass is 10.1. The summed E-state index contributed by atoms with van der Waals surface area (Å²) < 4.78 is 16.3. The van der Waals surface area contributed by atoms with Gasteiger partial charge in [0.2, 0.25) is 0 Å². The molecule has 1 amide bonds. The number of aromatic nitrogens is 1. The minimum absolute atomic E-state index is 0.182. The highest BCUT2D eigenvalue weighted by Crippen LogP contribution is 2.27. The van der Waals surface area contributed by atoms with Crippen molar-refractivity contribution < 1.29 is 18.7 Å². The Hall–Kier alpha value is -2.99. The molecule has 0 atom stereocenters. The molecule has 0 spiro atoms. The summed E-state index contributed by atoms with van der Waals surface area (Å²) in [6, 6.07) is 12.2. The number of hydrogen-bond acceptors (Lipinski definition) is 5. The maximum Gasteiger partial charge on any atom is 0.291 e. The highest BCUT2D eigenvalue weighted by Gasteiger charge is 2.15.